The van der Waals surface area contributed by atoms with Crippen molar-refractivity contribution in [3.05, 3.63) is 42.1 Å². The van der Waals surface area contributed by atoms with Gasteiger partial charge in [0.05, 0.1) is 13.5 Å². The third-order valence-electron chi connectivity index (χ3n) is 6.53. The minimum Gasteiger partial charge on any atom is -0.469 e. The third-order valence-corrected chi connectivity index (χ3v) is 6.53. The minimum atomic E-state index is -0.964. The third kappa shape index (κ3) is 5.57. The number of carbonyl (C=O) groups is 3. The number of carbonyl (C=O) groups excluding carboxylic acids is 3. The fourth-order valence-electron chi connectivity index (χ4n) is 4.63. The Hall–Kier alpha value is -2.67. The minimum absolute atomic E-state index is 0.0630. The van der Waals surface area contributed by atoms with E-state index in [1.165, 1.54) is 7.11 Å². The van der Waals surface area contributed by atoms with Gasteiger partial charge in [0.2, 0.25) is 5.91 Å². The lowest BCUT2D eigenvalue weighted by Gasteiger charge is -2.47. The average molecular weight is 442 g/mol. The van der Waals surface area contributed by atoms with Crippen molar-refractivity contribution in [2.75, 3.05) is 31.6 Å². The summed E-state index contributed by atoms with van der Waals surface area (Å²) in [6.07, 6.45) is 7.80. The van der Waals surface area contributed by atoms with Gasteiger partial charge in [0.25, 0.3) is 5.91 Å². The summed E-state index contributed by atoms with van der Waals surface area (Å²) in [5.41, 5.74) is 0.745. The maximum Gasteiger partial charge on any atom is 0.306 e. The van der Waals surface area contributed by atoms with E-state index < -0.39 is 5.54 Å². The van der Waals surface area contributed by atoms with E-state index in [-0.39, 0.29) is 17.8 Å². The number of nitrogens with one attached hydrogen (secondary N) is 1. The molecule has 7 nitrogen and oxygen atoms in total. The Bertz CT molecular complexity index is 829. The fraction of sp³-hybridized carbons (Fsp3) is 0.560. The number of hydrogen-bond acceptors (Lipinski definition) is 5. The molecular weight excluding hydrogens is 406 g/mol. The van der Waals surface area contributed by atoms with Crippen LogP contribution in [0.2, 0.25) is 0 Å². The number of para-hydroxylation sites is 1. The molecule has 0 saturated carbocycles. The van der Waals surface area contributed by atoms with Crippen molar-refractivity contribution in [2.24, 2.45) is 0 Å². The lowest BCUT2D eigenvalue weighted by molar-refractivity contribution is -0.141. The normalized spacial score (nSPS) is 18.4. The highest BCUT2D eigenvalue weighted by atomic mass is 16.5. The molecule has 174 valence electrons. The van der Waals surface area contributed by atoms with Gasteiger partial charge in [-0.15, -0.1) is 0 Å². The molecule has 1 N–H and O–H groups in total. The summed E-state index contributed by atoms with van der Waals surface area (Å²) in [6.45, 7) is 3.68. The molecule has 0 bridgehead atoms. The number of ether oxygens (including phenoxy) is 1. The monoisotopic (exact) mass is 441 g/mol. The zero-order valence-electron chi connectivity index (χ0n) is 19.3. The van der Waals surface area contributed by atoms with Crippen LogP contribution in [0.1, 0.15) is 58.3 Å². The summed E-state index contributed by atoms with van der Waals surface area (Å²) in [6, 6.07) is 9.49. The first-order chi connectivity index (χ1) is 15.5. The largest absolute Gasteiger partial charge is 0.469 e. The van der Waals surface area contributed by atoms with Gasteiger partial charge in [0, 0.05) is 37.4 Å². The van der Waals surface area contributed by atoms with Crippen LogP contribution in [-0.2, 0) is 19.1 Å². The van der Waals surface area contributed by atoms with Crippen LogP contribution < -0.4 is 10.2 Å². The van der Waals surface area contributed by atoms with Gasteiger partial charge in [-0.3, -0.25) is 19.3 Å². The molecule has 2 aliphatic rings. The Morgan fingerprint density at radius 2 is 1.84 bits per heavy atom. The predicted octanol–water partition coefficient (Wildman–Crippen LogP) is 3.40. The highest BCUT2D eigenvalue weighted by molar-refractivity contribution is 6.04. The van der Waals surface area contributed by atoms with Gasteiger partial charge in [-0.05, 0) is 50.7 Å². The van der Waals surface area contributed by atoms with Gasteiger partial charge in [-0.1, -0.05) is 31.2 Å². The second-order valence-corrected chi connectivity index (χ2v) is 8.55. The molecule has 1 aliphatic carbocycles. The van der Waals surface area contributed by atoms with Crippen molar-refractivity contribution >= 4 is 23.5 Å². The highest BCUT2D eigenvalue weighted by Crippen LogP contribution is 2.35. The molecule has 2 amide bonds. The maximum atomic E-state index is 13.8. The molecule has 1 fully saturated rings. The van der Waals surface area contributed by atoms with Crippen molar-refractivity contribution in [2.45, 2.75) is 63.8 Å². The number of rotatable bonds is 8. The van der Waals surface area contributed by atoms with Crippen LogP contribution in [0.5, 0.6) is 0 Å². The second-order valence-electron chi connectivity index (χ2n) is 8.55. The van der Waals surface area contributed by atoms with Gasteiger partial charge in [0.1, 0.15) is 5.54 Å². The molecule has 1 saturated heterocycles. The molecule has 0 spiro atoms. The Morgan fingerprint density at radius 3 is 2.44 bits per heavy atom. The maximum absolute atomic E-state index is 13.8. The molecule has 3 rings (SSSR count). The van der Waals surface area contributed by atoms with Gasteiger partial charge < -0.3 is 15.0 Å². The van der Waals surface area contributed by atoms with Crippen LogP contribution >= 0.6 is 0 Å². The van der Waals surface area contributed by atoms with Gasteiger partial charge in [-0.2, -0.15) is 0 Å². The van der Waals surface area contributed by atoms with Crippen LogP contribution in [0.4, 0.5) is 5.69 Å². The number of benzene rings is 1. The summed E-state index contributed by atoms with van der Waals surface area (Å²) in [5, 5.41) is 3.17. The SMILES string of the molecule is CCC(=O)N(c1ccccc1)C1(C(=O)NC2=CCCCC2)CCN(CCC(=O)OC)CC1. The van der Waals surface area contributed by atoms with Crippen molar-refractivity contribution in [3.8, 4) is 0 Å². The molecule has 7 heteroatoms. The lowest BCUT2D eigenvalue weighted by Crippen LogP contribution is -2.65. The number of nitrogens with zero attached hydrogens (tertiary/aromatic N) is 2. The molecule has 1 aromatic rings. The van der Waals surface area contributed by atoms with E-state index in [0.29, 0.717) is 45.3 Å². The first-order valence-electron chi connectivity index (χ1n) is 11.7. The Balaban J connectivity index is 1.88. The molecule has 1 aromatic carbocycles. The molecule has 0 aromatic heterocycles. The van der Waals surface area contributed by atoms with Crippen LogP contribution in [0.15, 0.2) is 42.1 Å². The van der Waals surface area contributed by atoms with E-state index in [2.05, 4.69) is 16.3 Å². The topological polar surface area (TPSA) is 79.0 Å². The molecule has 0 atom stereocenters. The molecule has 32 heavy (non-hydrogen) atoms. The van der Waals surface area contributed by atoms with Gasteiger partial charge >= 0.3 is 5.97 Å². The number of anilines is 1. The van der Waals surface area contributed by atoms with Gasteiger partial charge in [0.15, 0.2) is 0 Å². The van der Waals surface area contributed by atoms with E-state index in [0.717, 1.165) is 37.1 Å². The lowest BCUT2D eigenvalue weighted by atomic mass is 9.83. The Morgan fingerprint density at radius 1 is 1.12 bits per heavy atom. The fourth-order valence-corrected chi connectivity index (χ4v) is 4.63. The van der Waals surface area contributed by atoms with Crippen LogP contribution in [0.25, 0.3) is 0 Å². The number of allylic oxidation sites excluding steroid dienone is 2. The molecule has 0 unspecified atom stereocenters. The number of hydrogen-bond donors (Lipinski definition) is 1. The first-order valence-corrected chi connectivity index (χ1v) is 11.7. The van der Waals surface area contributed by atoms with Crippen molar-refractivity contribution in [3.63, 3.8) is 0 Å². The Kier molecular flexibility index (Phi) is 8.45. The van der Waals surface area contributed by atoms with E-state index in [9.17, 15) is 14.4 Å². The van der Waals surface area contributed by atoms with Crippen molar-refractivity contribution < 1.29 is 19.1 Å². The van der Waals surface area contributed by atoms with E-state index >= 15 is 0 Å². The summed E-state index contributed by atoms with van der Waals surface area (Å²) in [5.74, 6) is -0.410. The first kappa shape index (κ1) is 24.0. The number of likely N-dealkylation sites (tertiary alicyclic amines) is 1. The average Bonchev–Trinajstić information content (AvgIpc) is 2.84. The standard InChI is InChI=1S/C25H35N3O4/c1-3-22(29)28(21-12-8-5-9-13-21)25(24(31)26-20-10-6-4-7-11-20)15-18-27(19-16-25)17-14-23(30)32-2/h5,8-10,12-13H,3-4,6-7,11,14-19H2,1-2H3,(H,26,31). The highest BCUT2D eigenvalue weighted by Gasteiger charge is 2.48. The van der Waals surface area contributed by atoms with E-state index in [1.54, 1.807) is 4.90 Å². The summed E-state index contributed by atoms with van der Waals surface area (Å²) >= 11 is 0. The van der Waals surface area contributed by atoms with Crippen LogP contribution in [0, 0.1) is 0 Å². The summed E-state index contributed by atoms with van der Waals surface area (Å²) in [4.78, 5) is 42.5. The Labute approximate surface area is 190 Å². The van der Waals surface area contributed by atoms with Crippen LogP contribution in [-0.4, -0.2) is 55.0 Å². The van der Waals surface area contributed by atoms with Crippen molar-refractivity contribution in [1.29, 1.82) is 0 Å². The second kappa shape index (κ2) is 11.3. The predicted molar refractivity (Wildman–Crippen MR) is 124 cm³/mol. The molecular formula is C25H35N3O4. The zero-order chi connectivity index (χ0) is 23.0. The zero-order valence-corrected chi connectivity index (χ0v) is 19.3. The number of esters is 1. The summed E-state index contributed by atoms with van der Waals surface area (Å²) in [7, 11) is 1.39. The molecule has 1 aliphatic heterocycles. The summed E-state index contributed by atoms with van der Waals surface area (Å²) < 4.78 is 4.76. The van der Waals surface area contributed by atoms with E-state index in [1.807, 2.05) is 37.3 Å². The van der Waals surface area contributed by atoms with Crippen molar-refractivity contribution in [1.82, 2.24) is 10.2 Å². The molecule has 0 radical (unpaired) electrons. The van der Waals surface area contributed by atoms with Gasteiger partial charge in [-0.25, -0.2) is 0 Å². The quantitative estimate of drug-likeness (QED) is 0.626. The van der Waals surface area contributed by atoms with Crippen LogP contribution in [0.3, 0.4) is 0 Å². The smallest absolute Gasteiger partial charge is 0.306 e. The number of amides is 2. The number of piperidine rings is 1. The molecule has 1 heterocycles. The van der Waals surface area contributed by atoms with E-state index in [4.69, 9.17) is 4.74 Å². The number of methoxy groups -OCH3 is 1.